The van der Waals surface area contributed by atoms with Crippen molar-refractivity contribution in [2.45, 2.75) is 31.4 Å². The van der Waals surface area contributed by atoms with Gasteiger partial charge in [-0.25, -0.2) is 0 Å². The molecule has 1 atom stereocenters. The van der Waals surface area contributed by atoms with Gasteiger partial charge < -0.3 is 20.5 Å². The maximum Gasteiger partial charge on any atom is 0.240 e. The number of para-hydroxylation sites is 2. The summed E-state index contributed by atoms with van der Waals surface area (Å²) in [4.78, 5) is 11.7. The van der Waals surface area contributed by atoms with Crippen LogP contribution >= 0.6 is 0 Å². The first-order valence-electron chi connectivity index (χ1n) is 6.42. The standard InChI is InChI=1S/C14H20N2O3/c1-10(9-16-13(17)14(15)7-8-14)19-12-6-4-3-5-11(12)18-2/h3-6,10H,7-9,15H2,1-2H3,(H,16,17). The zero-order valence-electron chi connectivity index (χ0n) is 11.3. The molecule has 1 aromatic rings. The Balaban J connectivity index is 1.83. The fraction of sp³-hybridized carbons (Fsp3) is 0.500. The van der Waals surface area contributed by atoms with E-state index >= 15 is 0 Å². The Hall–Kier alpha value is -1.75. The molecule has 2 rings (SSSR count). The Morgan fingerprint density at radius 3 is 2.63 bits per heavy atom. The van der Waals surface area contributed by atoms with Crippen LogP contribution in [0, 0.1) is 0 Å². The van der Waals surface area contributed by atoms with Crippen LogP contribution in [-0.4, -0.2) is 31.2 Å². The largest absolute Gasteiger partial charge is 0.493 e. The van der Waals surface area contributed by atoms with Gasteiger partial charge in [-0.3, -0.25) is 4.79 Å². The van der Waals surface area contributed by atoms with Crippen molar-refractivity contribution in [1.82, 2.24) is 5.32 Å². The summed E-state index contributed by atoms with van der Waals surface area (Å²) in [5.74, 6) is 1.25. The van der Waals surface area contributed by atoms with Crippen LogP contribution in [-0.2, 0) is 4.79 Å². The molecule has 5 nitrogen and oxygen atoms in total. The van der Waals surface area contributed by atoms with Crippen molar-refractivity contribution in [2.75, 3.05) is 13.7 Å². The first-order valence-corrected chi connectivity index (χ1v) is 6.42. The third-order valence-electron chi connectivity index (χ3n) is 3.19. The molecule has 3 N–H and O–H groups in total. The van der Waals surface area contributed by atoms with E-state index in [4.69, 9.17) is 15.2 Å². The molecule has 0 bridgehead atoms. The van der Waals surface area contributed by atoms with E-state index in [-0.39, 0.29) is 12.0 Å². The van der Waals surface area contributed by atoms with Crippen molar-refractivity contribution in [1.29, 1.82) is 0 Å². The van der Waals surface area contributed by atoms with E-state index < -0.39 is 5.54 Å². The van der Waals surface area contributed by atoms with Gasteiger partial charge in [0.2, 0.25) is 5.91 Å². The van der Waals surface area contributed by atoms with E-state index in [0.717, 1.165) is 12.8 Å². The van der Waals surface area contributed by atoms with Crippen LogP contribution in [0.5, 0.6) is 11.5 Å². The molecule has 1 amide bonds. The summed E-state index contributed by atoms with van der Waals surface area (Å²) in [7, 11) is 1.60. The Labute approximate surface area is 113 Å². The number of hydrogen-bond acceptors (Lipinski definition) is 4. The number of methoxy groups -OCH3 is 1. The maximum atomic E-state index is 11.7. The van der Waals surface area contributed by atoms with Crippen molar-refractivity contribution < 1.29 is 14.3 Å². The lowest BCUT2D eigenvalue weighted by atomic mass is 10.2. The Morgan fingerprint density at radius 2 is 2.05 bits per heavy atom. The molecule has 0 radical (unpaired) electrons. The molecule has 1 unspecified atom stereocenters. The highest BCUT2D eigenvalue weighted by molar-refractivity contribution is 5.88. The number of amides is 1. The Kier molecular flexibility index (Phi) is 3.95. The maximum absolute atomic E-state index is 11.7. The third kappa shape index (κ3) is 3.38. The molecule has 0 saturated heterocycles. The summed E-state index contributed by atoms with van der Waals surface area (Å²) < 4.78 is 10.9. The number of nitrogens with two attached hydrogens (primary N) is 1. The van der Waals surface area contributed by atoms with Crippen LogP contribution in [0.2, 0.25) is 0 Å². The quantitative estimate of drug-likeness (QED) is 0.806. The first-order chi connectivity index (χ1) is 9.05. The molecule has 1 aromatic carbocycles. The minimum Gasteiger partial charge on any atom is -0.493 e. The topological polar surface area (TPSA) is 73.6 Å². The third-order valence-corrected chi connectivity index (χ3v) is 3.19. The second-order valence-corrected chi connectivity index (χ2v) is 4.95. The minimum absolute atomic E-state index is 0.0945. The van der Waals surface area contributed by atoms with Gasteiger partial charge in [0.05, 0.1) is 19.2 Å². The van der Waals surface area contributed by atoms with Crippen LogP contribution in [0.15, 0.2) is 24.3 Å². The number of carbonyl (C=O) groups excluding carboxylic acids is 1. The Morgan fingerprint density at radius 1 is 1.42 bits per heavy atom. The average Bonchev–Trinajstić information content (AvgIpc) is 3.16. The lowest BCUT2D eigenvalue weighted by molar-refractivity contribution is -0.123. The number of benzene rings is 1. The highest BCUT2D eigenvalue weighted by atomic mass is 16.5. The summed E-state index contributed by atoms with van der Waals surface area (Å²) in [6.45, 7) is 2.32. The number of hydrogen-bond donors (Lipinski definition) is 2. The zero-order chi connectivity index (χ0) is 13.9. The van der Waals surface area contributed by atoms with Crippen molar-refractivity contribution in [3.63, 3.8) is 0 Å². The van der Waals surface area contributed by atoms with E-state index in [2.05, 4.69) is 5.32 Å². The Bertz CT molecular complexity index is 458. The van der Waals surface area contributed by atoms with Crippen LogP contribution in [0.3, 0.4) is 0 Å². The van der Waals surface area contributed by atoms with E-state index in [1.807, 2.05) is 31.2 Å². The van der Waals surface area contributed by atoms with E-state index in [9.17, 15) is 4.79 Å². The molecular weight excluding hydrogens is 244 g/mol. The van der Waals surface area contributed by atoms with Gasteiger partial charge in [0.1, 0.15) is 6.10 Å². The lowest BCUT2D eigenvalue weighted by Gasteiger charge is -2.18. The molecule has 19 heavy (non-hydrogen) atoms. The molecule has 5 heteroatoms. The molecule has 1 fully saturated rings. The first kappa shape index (κ1) is 13.7. The van der Waals surface area contributed by atoms with Gasteiger partial charge >= 0.3 is 0 Å². The van der Waals surface area contributed by atoms with Crippen LogP contribution < -0.4 is 20.5 Å². The second-order valence-electron chi connectivity index (χ2n) is 4.95. The predicted molar refractivity (Wildman–Crippen MR) is 72.2 cm³/mol. The lowest BCUT2D eigenvalue weighted by Crippen LogP contribution is -2.45. The number of rotatable bonds is 6. The fourth-order valence-corrected chi connectivity index (χ4v) is 1.75. The molecule has 0 aliphatic heterocycles. The molecule has 0 heterocycles. The molecule has 104 valence electrons. The highest BCUT2D eigenvalue weighted by Gasteiger charge is 2.45. The van der Waals surface area contributed by atoms with Gasteiger partial charge in [-0.05, 0) is 31.9 Å². The molecule has 1 aliphatic rings. The van der Waals surface area contributed by atoms with Gasteiger partial charge in [0.15, 0.2) is 11.5 Å². The van der Waals surface area contributed by atoms with Crippen molar-refractivity contribution in [3.8, 4) is 11.5 Å². The number of nitrogens with one attached hydrogen (secondary N) is 1. The predicted octanol–water partition coefficient (Wildman–Crippen LogP) is 1.07. The second kappa shape index (κ2) is 5.48. The molecule has 0 aromatic heterocycles. The summed E-state index contributed by atoms with van der Waals surface area (Å²) in [6.07, 6.45) is 1.38. The number of ether oxygens (including phenoxy) is 2. The van der Waals surface area contributed by atoms with Crippen LogP contribution in [0.1, 0.15) is 19.8 Å². The van der Waals surface area contributed by atoms with Crippen LogP contribution in [0.4, 0.5) is 0 Å². The highest BCUT2D eigenvalue weighted by Crippen LogP contribution is 2.32. The van der Waals surface area contributed by atoms with E-state index in [0.29, 0.717) is 18.0 Å². The molecule has 1 saturated carbocycles. The number of carbonyl (C=O) groups is 1. The summed E-state index contributed by atoms with van der Waals surface area (Å²) in [5.41, 5.74) is 5.17. The van der Waals surface area contributed by atoms with E-state index in [1.54, 1.807) is 7.11 Å². The zero-order valence-corrected chi connectivity index (χ0v) is 11.3. The van der Waals surface area contributed by atoms with Crippen molar-refractivity contribution >= 4 is 5.91 Å². The fourth-order valence-electron chi connectivity index (χ4n) is 1.75. The molecule has 1 aliphatic carbocycles. The minimum atomic E-state index is -0.635. The van der Waals surface area contributed by atoms with Gasteiger partial charge in [0.25, 0.3) is 0 Å². The van der Waals surface area contributed by atoms with Gasteiger partial charge in [-0.2, -0.15) is 0 Å². The summed E-state index contributed by atoms with van der Waals surface area (Å²) >= 11 is 0. The summed E-state index contributed by atoms with van der Waals surface area (Å²) in [6, 6.07) is 7.42. The van der Waals surface area contributed by atoms with Crippen molar-refractivity contribution in [3.05, 3.63) is 24.3 Å². The molecule has 0 spiro atoms. The van der Waals surface area contributed by atoms with Gasteiger partial charge in [0, 0.05) is 0 Å². The van der Waals surface area contributed by atoms with Crippen LogP contribution in [0.25, 0.3) is 0 Å². The monoisotopic (exact) mass is 264 g/mol. The van der Waals surface area contributed by atoms with Crippen molar-refractivity contribution in [2.24, 2.45) is 5.73 Å². The molecular formula is C14H20N2O3. The summed E-state index contributed by atoms with van der Waals surface area (Å²) in [5, 5.41) is 2.81. The average molecular weight is 264 g/mol. The van der Waals surface area contributed by atoms with E-state index in [1.165, 1.54) is 0 Å². The smallest absolute Gasteiger partial charge is 0.240 e. The SMILES string of the molecule is COc1ccccc1OC(C)CNC(=O)C1(N)CC1. The van der Waals surface area contributed by atoms with Gasteiger partial charge in [-0.15, -0.1) is 0 Å². The normalized spacial score (nSPS) is 17.4. The van der Waals surface area contributed by atoms with Gasteiger partial charge in [-0.1, -0.05) is 12.1 Å².